The molecule has 0 atom stereocenters. The molecule has 0 saturated heterocycles. The SMILES string of the molecule is CC(C)(C)N(C(=O)c1ccccc1Cl)N(Cl)Cl. The van der Waals surface area contributed by atoms with Gasteiger partial charge in [0.2, 0.25) is 0 Å². The summed E-state index contributed by atoms with van der Waals surface area (Å²) in [6.45, 7) is 5.46. The van der Waals surface area contributed by atoms with Crippen molar-refractivity contribution in [2.24, 2.45) is 0 Å². The summed E-state index contributed by atoms with van der Waals surface area (Å²) >= 11 is 17.3. The van der Waals surface area contributed by atoms with Crippen LogP contribution >= 0.6 is 35.2 Å². The zero-order valence-corrected chi connectivity index (χ0v) is 12.0. The topological polar surface area (TPSA) is 23.6 Å². The van der Waals surface area contributed by atoms with Gasteiger partial charge in [0.25, 0.3) is 5.91 Å². The quantitative estimate of drug-likeness (QED) is 0.605. The van der Waals surface area contributed by atoms with Crippen LogP contribution in [0.25, 0.3) is 0 Å². The van der Waals surface area contributed by atoms with E-state index in [1.54, 1.807) is 24.3 Å². The lowest BCUT2D eigenvalue weighted by atomic mass is 10.1. The van der Waals surface area contributed by atoms with Crippen molar-refractivity contribution in [1.82, 2.24) is 9.06 Å². The van der Waals surface area contributed by atoms with Crippen molar-refractivity contribution in [2.45, 2.75) is 26.3 Å². The Bertz CT molecular complexity index is 415. The number of halogens is 3. The summed E-state index contributed by atoms with van der Waals surface area (Å²) < 4.78 is 0.728. The number of rotatable bonds is 2. The van der Waals surface area contributed by atoms with Gasteiger partial charge in [-0.05, 0) is 37.0 Å². The lowest BCUT2D eigenvalue weighted by Crippen LogP contribution is -2.49. The number of amides is 1. The number of hydrogen-bond donors (Lipinski definition) is 0. The second kappa shape index (κ2) is 5.44. The maximum absolute atomic E-state index is 12.3. The van der Waals surface area contributed by atoms with E-state index in [1.165, 1.54) is 5.01 Å². The molecule has 3 nitrogen and oxygen atoms in total. The summed E-state index contributed by atoms with van der Waals surface area (Å²) in [5, 5.41) is 1.58. The Morgan fingerprint density at radius 3 is 2.12 bits per heavy atom. The molecule has 0 aliphatic heterocycles. The van der Waals surface area contributed by atoms with Crippen molar-refractivity contribution in [3.63, 3.8) is 0 Å². The Morgan fingerprint density at radius 1 is 1.18 bits per heavy atom. The highest BCUT2D eigenvalue weighted by Crippen LogP contribution is 2.26. The highest BCUT2D eigenvalue weighted by molar-refractivity contribution is 6.35. The van der Waals surface area contributed by atoms with E-state index in [1.807, 2.05) is 20.8 Å². The Morgan fingerprint density at radius 2 is 1.71 bits per heavy atom. The summed E-state index contributed by atoms with van der Waals surface area (Å²) in [6.07, 6.45) is 0. The molecular weight excluding hydrogens is 282 g/mol. The van der Waals surface area contributed by atoms with E-state index in [0.717, 1.165) is 4.05 Å². The van der Waals surface area contributed by atoms with Crippen molar-refractivity contribution in [1.29, 1.82) is 0 Å². The molecule has 0 saturated carbocycles. The molecule has 17 heavy (non-hydrogen) atoms. The molecule has 1 amide bonds. The van der Waals surface area contributed by atoms with Gasteiger partial charge in [-0.15, -0.1) is 0 Å². The summed E-state index contributed by atoms with van der Waals surface area (Å²) in [5.74, 6) is -0.354. The van der Waals surface area contributed by atoms with Crippen LogP contribution in [0.15, 0.2) is 24.3 Å². The van der Waals surface area contributed by atoms with Crippen LogP contribution in [0.5, 0.6) is 0 Å². The minimum atomic E-state index is -0.556. The Hall–Kier alpha value is -0.480. The minimum Gasteiger partial charge on any atom is -0.267 e. The zero-order chi connectivity index (χ0) is 13.2. The van der Waals surface area contributed by atoms with Gasteiger partial charge in [0, 0.05) is 23.6 Å². The fraction of sp³-hybridized carbons (Fsp3) is 0.364. The Balaban J connectivity index is 3.14. The Kier molecular flexibility index (Phi) is 4.67. The van der Waals surface area contributed by atoms with E-state index >= 15 is 0 Å². The third-order valence-electron chi connectivity index (χ3n) is 2.08. The molecule has 6 heteroatoms. The van der Waals surface area contributed by atoms with Crippen LogP contribution in [-0.2, 0) is 0 Å². The fourth-order valence-corrected chi connectivity index (χ4v) is 2.16. The minimum absolute atomic E-state index is 0.354. The number of hydrazine groups is 1. The first-order chi connectivity index (χ1) is 7.75. The smallest absolute Gasteiger partial charge is 0.267 e. The van der Waals surface area contributed by atoms with Crippen LogP contribution in [0.2, 0.25) is 5.02 Å². The molecule has 94 valence electrons. The predicted octanol–water partition coefficient (Wildman–Crippen LogP) is 4.11. The number of benzene rings is 1. The summed E-state index contributed by atoms with van der Waals surface area (Å²) in [6, 6.07) is 6.75. The molecule has 0 radical (unpaired) electrons. The second-order valence-electron chi connectivity index (χ2n) is 4.48. The van der Waals surface area contributed by atoms with Crippen molar-refractivity contribution in [2.75, 3.05) is 0 Å². The predicted molar refractivity (Wildman–Crippen MR) is 70.9 cm³/mol. The average Bonchev–Trinajstić information content (AvgIpc) is 2.15. The van der Waals surface area contributed by atoms with E-state index in [4.69, 9.17) is 35.2 Å². The van der Waals surface area contributed by atoms with Crippen LogP contribution in [0.4, 0.5) is 0 Å². The summed E-state index contributed by atoms with van der Waals surface area (Å²) in [4.78, 5) is 12.3. The number of hydrogen-bond acceptors (Lipinski definition) is 2. The van der Waals surface area contributed by atoms with Crippen LogP contribution < -0.4 is 0 Å². The van der Waals surface area contributed by atoms with Gasteiger partial charge < -0.3 is 0 Å². The molecule has 0 N–H and O–H groups in total. The largest absolute Gasteiger partial charge is 0.272 e. The molecule has 0 fully saturated rings. The first kappa shape index (κ1) is 14.6. The first-order valence-corrected chi connectivity index (χ1v) is 6.01. The van der Waals surface area contributed by atoms with Crippen molar-refractivity contribution in [3.05, 3.63) is 34.9 Å². The molecule has 1 aromatic rings. The first-order valence-electron chi connectivity index (χ1n) is 4.96. The van der Waals surface area contributed by atoms with Gasteiger partial charge in [-0.25, -0.2) is 5.01 Å². The van der Waals surface area contributed by atoms with E-state index in [9.17, 15) is 4.79 Å². The van der Waals surface area contributed by atoms with E-state index < -0.39 is 5.54 Å². The van der Waals surface area contributed by atoms with E-state index in [2.05, 4.69) is 0 Å². The number of carbonyl (C=O) groups is 1. The lowest BCUT2D eigenvalue weighted by molar-refractivity contribution is 0.0244. The van der Waals surface area contributed by atoms with E-state index in [0.29, 0.717) is 10.6 Å². The third-order valence-corrected chi connectivity index (χ3v) is 2.72. The van der Waals surface area contributed by atoms with Gasteiger partial charge in [-0.3, -0.25) is 4.79 Å². The number of carbonyl (C=O) groups excluding carboxylic acids is 1. The van der Waals surface area contributed by atoms with Crippen molar-refractivity contribution < 1.29 is 4.79 Å². The van der Waals surface area contributed by atoms with Crippen LogP contribution in [0.3, 0.4) is 0 Å². The number of nitrogens with zero attached hydrogens (tertiary/aromatic N) is 2. The molecule has 0 aliphatic rings. The fourth-order valence-electron chi connectivity index (χ4n) is 1.35. The van der Waals surface area contributed by atoms with Crippen molar-refractivity contribution in [3.8, 4) is 0 Å². The molecule has 0 spiro atoms. The molecule has 1 rings (SSSR count). The van der Waals surface area contributed by atoms with Crippen LogP contribution in [0, 0.1) is 0 Å². The van der Waals surface area contributed by atoms with Gasteiger partial charge in [-0.2, -0.15) is 0 Å². The maximum Gasteiger partial charge on any atom is 0.272 e. The molecule has 0 heterocycles. The third kappa shape index (κ3) is 3.49. The standard InChI is InChI=1S/C11H13Cl3N2O/c1-11(2,3)15(16(13)14)10(17)8-6-4-5-7-9(8)12/h4-7H,1-3H3. The average molecular weight is 296 g/mol. The summed E-state index contributed by atoms with van der Waals surface area (Å²) in [7, 11) is 0. The van der Waals surface area contributed by atoms with Gasteiger partial charge >= 0.3 is 0 Å². The highest BCUT2D eigenvalue weighted by Gasteiger charge is 2.32. The van der Waals surface area contributed by atoms with Gasteiger partial charge in [0.05, 0.1) is 16.1 Å². The van der Waals surface area contributed by atoms with Crippen LogP contribution in [0.1, 0.15) is 31.1 Å². The second-order valence-corrected chi connectivity index (χ2v) is 5.70. The molecule has 1 aromatic carbocycles. The van der Waals surface area contributed by atoms with Gasteiger partial charge in [0.1, 0.15) is 0 Å². The zero-order valence-electron chi connectivity index (χ0n) is 9.75. The van der Waals surface area contributed by atoms with Crippen LogP contribution in [-0.4, -0.2) is 20.5 Å². The molecule has 0 unspecified atom stereocenters. The van der Waals surface area contributed by atoms with E-state index in [-0.39, 0.29) is 5.91 Å². The summed E-state index contributed by atoms with van der Waals surface area (Å²) in [5.41, 5.74) is -0.199. The van der Waals surface area contributed by atoms with Gasteiger partial charge in [-0.1, -0.05) is 23.7 Å². The Labute approximate surface area is 116 Å². The highest BCUT2D eigenvalue weighted by atomic mass is 35.5. The normalized spacial score (nSPS) is 11.7. The lowest BCUT2D eigenvalue weighted by Gasteiger charge is -2.36. The molecule has 0 aromatic heterocycles. The maximum atomic E-state index is 12.3. The molecule has 0 aliphatic carbocycles. The monoisotopic (exact) mass is 294 g/mol. The molecule has 0 bridgehead atoms. The molecular formula is C11H13Cl3N2O. The van der Waals surface area contributed by atoms with Crippen molar-refractivity contribution >= 4 is 41.1 Å². The van der Waals surface area contributed by atoms with Gasteiger partial charge in [0.15, 0.2) is 0 Å².